The van der Waals surface area contributed by atoms with E-state index in [1.54, 1.807) is 48.5 Å². The number of esters is 1. The minimum Gasteiger partial charge on any atom is -0.442 e. The monoisotopic (exact) mass is 348 g/mol. The molecule has 7 nitrogen and oxygen atoms in total. The van der Waals surface area contributed by atoms with Crippen molar-refractivity contribution in [1.29, 1.82) is 0 Å². The number of imide groups is 1. The van der Waals surface area contributed by atoms with Gasteiger partial charge in [0, 0.05) is 17.7 Å². The van der Waals surface area contributed by atoms with Crippen LogP contribution >= 0.6 is 0 Å². The largest absolute Gasteiger partial charge is 0.442 e. The highest BCUT2D eigenvalue weighted by atomic mass is 16.6. The van der Waals surface area contributed by atoms with Crippen molar-refractivity contribution < 1.29 is 23.9 Å². The Hall–Kier alpha value is -3.48. The molecule has 0 unspecified atom stereocenters. The number of carbonyl (C=O) groups is 4. The van der Waals surface area contributed by atoms with Crippen LogP contribution in [-0.2, 0) is 19.9 Å². The molecule has 3 aliphatic rings. The predicted octanol–water partition coefficient (Wildman–Crippen LogP) is 1.45. The van der Waals surface area contributed by atoms with Crippen molar-refractivity contribution >= 4 is 29.4 Å². The van der Waals surface area contributed by atoms with E-state index >= 15 is 0 Å². The minimum atomic E-state index is -1.51. The first-order chi connectivity index (χ1) is 12.5. The minimum absolute atomic E-state index is 0.0971. The van der Waals surface area contributed by atoms with Gasteiger partial charge >= 0.3 is 5.97 Å². The number of carbonyl (C=O) groups excluding carboxylic acids is 4. The van der Waals surface area contributed by atoms with Gasteiger partial charge in [-0.25, -0.2) is 4.79 Å². The van der Waals surface area contributed by atoms with E-state index in [-0.39, 0.29) is 17.5 Å². The average Bonchev–Trinajstić information content (AvgIpc) is 3.21. The van der Waals surface area contributed by atoms with Gasteiger partial charge in [0.25, 0.3) is 17.7 Å². The fourth-order valence-electron chi connectivity index (χ4n) is 3.92. The molecule has 0 saturated carbocycles. The third kappa shape index (κ3) is 1.67. The quantitative estimate of drug-likeness (QED) is 0.622. The molecule has 5 rings (SSSR count). The van der Waals surface area contributed by atoms with Crippen molar-refractivity contribution in [2.24, 2.45) is 0 Å². The second-order valence-electron chi connectivity index (χ2n) is 6.49. The van der Waals surface area contributed by atoms with E-state index in [2.05, 4.69) is 5.32 Å². The summed E-state index contributed by atoms with van der Waals surface area (Å²) < 4.78 is 5.47. The summed E-state index contributed by atoms with van der Waals surface area (Å²) in [6.45, 7) is 0. The second-order valence-corrected chi connectivity index (χ2v) is 6.49. The lowest BCUT2D eigenvalue weighted by atomic mass is 9.90. The van der Waals surface area contributed by atoms with Gasteiger partial charge in [-0.3, -0.25) is 19.3 Å². The maximum atomic E-state index is 12.7. The van der Waals surface area contributed by atoms with Crippen LogP contribution < -0.4 is 5.32 Å². The summed E-state index contributed by atoms with van der Waals surface area (Å²) in [5, 5.41) is 2.70. The molecule has 3 amide bonds. The van der Waals surface area contributed by atoms with Crippen LogP contribution in [0.4, 0.5) is 5.69 Å². The average molecular weight is 348 g/mol. The highest BCUT2D eigenvalue weighted by Gasteiger charge is 2.61. The third-order valence-corrected chi connectivity index (χ3v) is 5.14. The number of fused-ring (bicyclic) bond motifs is 3. The summed E-state index contributed by atoms with van der Waals surface area (Å²) in [4.78, 5) is 51.4. The fraction of sp³-hybridized carbons (Fsp3) is 0.158. The Labute approximate surface area is 147 Å². The molecule has 0 aliphatic carbocycles. The van der Waals surface area contributed by atoms with Crippen molar-refractivity contribution in [3.05, 3.63) is 65.2 Å². The van der Waals surface area contributed by atoms with Crippen LogP contribution in [0.15, 0.2) is 48.5 Å². The molecule has 7 heteroatoms. The maximum Gasteiger partial charge on any atom is 0.330 e. The van der Waals surface area contributed by atoms with Crippen molar-refractivity contribution in [2.45, 2.75) is 18.1 Å². The van der Waals surface area contributed by atoms with Crippen molar-refractivity contribution in [1.82, 2.24) is 4.90 Å². The number of hydrogen-bond donors (Lipinski definition) is 1. The molecule has 1 N–H and O–H groups in total. The van der Waals surface area contributed by atoms with Crippen molar-refractivity contribution in [3.63, 3.8) is 0 Å². The first-order valence-electron chi connectivity index (χ1n) is 8.14. The summed E-state index contributed by atoms with van der Waals surface area (Å²) in [6.07, 6.45) is -0.0971. The van der Waals surface area contributed by atoms with Gasteiger partial charge in [-0.05, 0) is 18.2 Å². The molecule has 0 radical (unpaired) electrons. The van der Waals surface area contributed by atoms with Gasteiger partial charge in [-0.2, -0.15) is 0 Å². The van der Waals surface area contributed by atoms with Gasteiger partial charge in [-0.15, -0.1) is 0 Å². The van der Waals surface area contributed by atoms with Crippen molar-refractivity contribution in [3.8, 4) is 0 Å². The number of nitrogens with zero attached hydrogens (tertiary/aromatic N) is 1. The number of para-hydroxylation sites is 1. The van der Waals surface area contributed by atoms with Gasteiger partial charge < -0.3 is 10.1 Å². The SMILES string of the molecule is O=C1O[C@]2(C[C@@H]1N1C(=O)c3ccccc3C1=O)C(=O)Nc1ccccc12. The van der Waals surface area contributed by atoms with Crippen LogP contribution in [0.3, 0.4) is 0 Å². The van der Waals surface area contributed by atoms with E-state index in [4.69, 9.17) is 4.74 Å². The molecule has 3 heterocycles. The molecule has 2 atom stereocenters. The molecule has 2 aromatic rings. The first kappa shape index (κ1) is 14.8. The van der Waals surface area contributed by atoms with Crippen LogP contribution in [0.1, 0.15) is 32.7 Å². The van der Waals surface area contributed by atoms with Gasteiger partial charge in [0.1, 0.15) is 6.04 Å². The fourth-order valence-corrected chi connectivity index (χ4v) is 3.92. The van der Waals surface area contributed by atoms with Crippen LogP contribution in [0.25, 0.3) is 0 Å². The molecular weight excluding hydrogens is 336 g/mol. The summed E-state index contributed by atoms with van der Waals surface area (Å²) in [6, 6.07) is 12.2. The number of amides is 3. The molecule has 0 aromatic heterocycles. The zero-order valence-electron chi connectivity index (χ0n) is 13.4. The highest BCUT2D eigenvalue weighted by Crippen LogP contribution is 2.47. The van der Waals surface area contributed by atoms with E-state index in [1.807, 2.05) is 0 Å². The van der Waals surface area contributed by atoms with Crippen LogP contribution in [0.2, 0.25) is 0 Å². The van der Waals surface area contributed by atoms with Crippen LogP contribution in [0.5, 0.6) is 0 Å². The van der Waals surface area contributed by atoms with E-state index in [1.165, 1.54) is 0 Å². The van der Waals surface area contributed by atoms with Crippen molar-refractivity contribution in [2.75, 3.05) is 5.32 Å². The third-order valence-electron chi connectivity index (χ3n) is 5.14. The number of rotatable bonds is 1. The molecule has 26 heavy (non-hydrogen) atoms. The molecule has 1 spiro atoms. The smallest absolute Gasteiger partial charge is 0.330 e. The van der Waals surface area contributed by atoms with Gasteiger partial charge in [0.2, 0.25) is 5.60 Å². The molecule has 128 valence electrons. The summed E-state index contributed by atoms with van der Waals surface area (Å²) >= 11 is 0. The Bertz CT molecular complexity index is 995. The molecule has 1 fully saturated rings. The molecule has 1 saturated heterocycles. The lowest BCUT2D eigenvalue weighted by Crippen LogP contribution is -2.43. The van der Waals surface area contributed by atoms with Crippen LogP contribution in [-0.4, -0.2) is 34.6 Å². The molecule has 3 aliphatic heterocycles. The van der Waals surface area contributed by atoms with E-state index in [0.29, 0.717) is 11.3 Å². The lowest BCUT2D eigenvalue weighted by molar-refractivity contribution is -0.157. The number of nitrogens with one attached hydrogen (secondary N) is 1. The highest BCUT2D eigenvalue weighted by molar-refractivity contribution is 6.23. The normalized spacial score (nSPS) is 26.2. The van der Waals surface area contributed by atoms with Gasteiger partial charge in [-0.1, -0.05) is 30.3 Å². The Balaban J connectivity index is 1.56. The Morgan fingerprint density at radius 3 is 2.23 bits per heavy atom. The van der Waals surface area contributed by atoms with Gasteiger partial charge in [0.15, 0.2) is 0 Å². The zero-order chi connectivity index (χ0) is 18.1. The predicted molar refractivity (Wildman–Crippen MR) is 88.2 cm³/mol. The lowest BCUT2D eigenvalue weighted by Gasteiger charge is -2.21. The van der Waals surface area contributed by atoms with E-state index in [0.717, 1.165) is 4.90 Å². The summed E-state index contributed by atoms with van der Waals surface area (Å²) in [5.74, 6) is -2.31. The summed E-state index contributed by atoms with van der Waals surface area (Å²) in [5.41, 5.74) is 0.101. The van der Waals surface area contributed by atoms with Gasteiger partial charge in [0.05, 0.1) is 11.1 Å². The molecule has 2 aromatic carbocycles. The maximum absolute atomic E-state index is 12.7. The molecule has 0 bridgehead atoms. The Kier molecular flexibility index (Phi) is 2.73. The topological polar surface area (TPSA) is 92.8 Å². The van der Waals surface area contributed by atoms with Crippen LogP contribution in [0, 0.1) is 0 Å². The first-order valence-corrected chi connectivity index (χ1v) is 8.14. The van der Waals surface area contributed by atoms with E-state index < -0.39 is 35.3 Å². The number of benzene rings is 2. The Morgan fingerprint density at radius 1 is 0.923 bits per heavy atom. The standard InChI is InChI=1S/C19H12N2O5/c22-15-10-5-1-2-6-11(10)16(23)21(15)14-9-19(26-17(14)24)12-7-3-4-8-13(12)20-18(19)25/h1-8,14H,9H2,(H,20,25)/t14-,19-/m0/s1. The van der Waals surface area contributed by atoms with E-state index in [9.17, 15) is 19.2 Å². The number of hydrogen-bond acceptors (Lipinski definition) is 5. The number of anilines is 1. The Morgan fingerprint density at radius 2 is 1.54 bits per heavy atom. The molecular formula is C19H12N2O5. The number of ether oxygens (including phenoxy) is 1. The zero-order valence-corrected chi connectivity index (χ0v) is 13.4. The second kappa shape index (κ2) is 4.78. The summed E-state index contributed by atoms with van der Waals surface area (Å²) in [7, 11) is 0.